The smallest absolute Gasteiger partial charge is 0.165 e. The molecule has 1 fully saturated rings. The molecule has 21 heavy (non-hydrogen) atoms. The summed E-state index contributed by atoms with van der Waals surface area (Å²) in [6.45, 7) is 0. The molecule has 0 bridgehead atoms. The van der Waals surface area contributed by atoms with E-state index in [4.69, 9.17) is 19.4 Å². The zero-order valence-electron chi connectivity index (χ0n) is 11.9. The molecule has 0 spiro atoms. The van der Waals surface area contributed by atoms with Crippen LogP contribution in [0.3, 0.4) is 0 Å². The number of hydrogen-bond donors (Lipinski definition) is 3. The van der Waals surface area contributed by atoms with Crippen molar-refractivity contribution >= 4 is 14.1 Å². The van der Waals surface area contributed by atoms with E-state index >= 15 is 0 Å². The topological polar surface area (TPSA) is 95.3 Å². The summed E-state index contributed by atoms with van der Waals surface area (Å²) in [5.74, 6) is 0. The predicted octanol–water partition coefficient (Wildman–Crippen LogP) is 1.00. The lowest BCUT2D eigenvalue weighted by Gasteiger charge is -2.35. The summed E-state index contributed by atoms with van der Waals surface area (Å²) in [4.78, 5) is 27.7. The number of pyridine rings is 1. The molecule has 1 aliphatic rings. The van der Waals surface area contributed by atoms with E-state index < -0.39 is 14.7 Å². The van der Waals surface area contributed by atoms with E-state index in [9.17, 15) is 5.11 Å². The molecule has 1 aromatic rings. The van der Waals surface area contributed by atoms with Gasteiger partial charge in [0, 0.05) is 38.4 Å². The highest BCUT2D eigenvalue weighted by Gasteiger charge is 2.30. The van der Waals surface area contributed by atoms with Crippen molar-refractivity contribution < 1.29 is 24.5 Å². The monoisotopic (exact) mass is 316 g/mol. The fourth-order valence-corrected chi connectivity index (χ4v) is 2.84. The number of hydroxylamine groups is 1. The summed E-state index contributed by atoms with van der Waals surface area (Å²) in [6, 6.07) is 3.66. The van der Waals surface area contributed by atoms with Crippen molar-refractivity contribution in [3.05, 3.63) is 24.5 Å². The van der Waals surface area contributed by atoms with Crippen LogP contribution in [0.2, 0.25) is 0 Å². The van der Waals surface area contributed by atoms with Gasteiger partial charge in [0.25, 0.3) is 0 Å². The van der Waals surface area contributed by atoms with E-state index in [0.29, 0.717) is 19.3 Å². The third kappa shape index (κ3) is 5.47. The molecule has 118 valence electrons. The highest BCUT2D eigenvalue weighted by atomic mass is 31.2. The van der Waals surface area contributed by atoms with Gasteiger partial charge in [-0.25, -0.2) is 0 Å². The lowest BCUT2D eigenvalue weighted by Crippen LogP contribution is -2.40. The van der Waals surface area contributed by atoms with E-state index in [1.54, 1.807) is 24.5 Å². The van der Waals surface area contributed by atoms with Gasteiger partial charge in [-0.3, -0.25) is 14.9 Å². The average Bonchev–Trinajstić information content (AvgIpc) is 2.45. The molecule has 0 amide bonds. The summed E-state index contributed by atoms with van der Waals surface area (Å²) in [5, 5.41) is 11.4. The van der Waals surface area contributed by atoms with Crippen LogP contribution >= 0.6 is 8.38 Å². The molecule has 3 atom stereocenters. The molecule has 7 nitrogen and oxygen atoms in total. The zero-order valence-corrected chi connectivity index (χ0v) is 12.8. The van der Waals surface area contributed by atoms with Crippen molar-refractivity contribution in [2.45, 2.75) is 37.8 Å². The summed E-state index contributed by atoms with van der Waals surface area (Å²) in [5.41, 5.74) is 0.872. The number of aliphatic hydroxyl groups is 1. The number of anilines is 1. The van der Waals surface area contributed by atoms with E-state index in [1.807, 2.05) is 12.1 Å². The number of nitrogens with zero attached hydrogens (tertiary/aromatic N) is 2. The number of hydrogen-bond acceptors (Lipinski definition) is 7. The van der Waals surface area contributed by atoms with Gasteiger partial charge in [-0.05, 0) is 18.6 Å². The zero-order chi connectivity index (χ0) is 15.2. The van der Waals surface area contributed by atoms with Crippen molar-refractivity contribution in [1.82, 2.24) is 4.98 Å². The lowest BCUT2D eigenvalue weighted by atomic mass is 10.0. The molecular weight excluding hydrogens is 295 g/mol. The number of aromatic nitrogens is 1. The van der Waals surface area contributed by atoms with Gasteiger partial charge in [0.15, 0.2) is 14.7 Å². The van der Waals surface area contributed by atoms with Gasteiger partial charge < -0.3 is 19.6 Å². The van der Waals surface area contributed by atoms with Crippen LogP contribution in [0, 0.1) is 0 Å². The van der Waals surface area contributed by atoms with Gasteiger partial charge >= 0.3 is 0 Å². The molecular formula is C13H21N2O5P. The third-order valence-corrected chi connectivity index (χ3v) is 3.98. The van der Waals surface area contributed by atoms with E-state index in [-0.39, 0.29) is 18.4 Å². The van der Waals surface area contributed by atoms with Gasteiger partial charge in [-0.2, -0.15) is 0 Å². The second-order valence-electron chi connectivity index (χ2n) is 5.00. The first kappa shape index (κ1) is 16.5. The minimum Gasteiger partial charge on any atom is -0.368 e. The van der Waals surface area contributed by atoms with E-state index in [2.05, 4.69) is 4.98 Å². The molecule has 0 aliphatic carbocycles. The average molecular weight is 316 g/mol. The van der Waals surface area contributed by atoms with Gasteiger partial charge in [0.05, 0.1) is 17.9 Å². The van der Waals surface area contributed by atoms with Crippen LogP contribution in [0.1, 0.15) is 19.3 Å². The van der Waals surface area contributed by atoms with Gasteiger partial charge in [0.2, 0.25) is 0 Å². The Kier molecular flexibility index (Phi) is 6.29. The van der Waals surface area contributed by atoms with E-state index in [0.717, 1.165) is 5.69 Å². The maximum atomic E-state index is 9.75. The van der Waals surface area contributed by atoms with Crippen LogP contribution in [-0.4, -0.2) is 51.6 Å². The second-order valence-corrected chi connectivity index (χ2v) is 6.19. The van der Waals surface area contributed by atoms with Crippen LogP contribution in [0.4, 0.5) is 5.69 Å². The molecule has 3 unspecified atom stereocenters. The minimum atomic E-state index is -1.93. The Morgan fingerprint density at radius 1 is 1.38 bits per heavy atom. The minimum absolute atomic E-state index is 0.180. The van der Waals surface area contributed by atoms with Crippen molar-refractivity contribution in [2.24, 2.45) is 0 Å². The van der Waals surface area contributed by atoms with Crippen LogP contribution in [0.25, 0.3) is 0 Å². The summed E-state index contributed by atoms with van der Waals surface area (Å²) >= 11 is 0. The standard InChI is InChI=1S/C13H21N2O5P/c1-15(10-2-5-14-6-3-10)20-12-8-11(4-7-21(17)18)19-13(16)9-12/h2-3,5-6,11-13,16-18H,4,7-9H2,1H3. The first-order chi connectivity index (χ1) is 10.0. The van der Waals surface area contributed by atoms with Crippen molar-refractivity contribution in [2.75, 3.05) is 18.3 Å². The Bertz CT molecular complexity index is 422. The second kappa shape index (κ2) is 7.98. The SMILES string of the molecule is CN(OC1CC(O)OC(CCP(O)O)C1)c1ccncc1. The molecule has 1 saturated heterocycles. The fourth-order valence-electron chi connectivity index (χ4n) is 2.32. The number of ether oxygens (including phenoxy) is 1. The molecule has 0 saturated carbocycles. The number of rotatable bonds is 6. The first-order valence-corrected chi connectivity index (χ1v) is 8.27. The molecule has 2 rings (SSSR count). The van der Waals surface area contributed by atoms with Crippen molar-refractivity contribution in [1.29, 1.82) is 0 Å². The van der Waals surface area contributed by atoms with Gasteiger partial charge in [-0.15, -0.1) is 0 Å². The first-order valence-electron chi connectivity index (χ1n) is 6.84. The Balaban J connectivity index is 1.87. The molecule has 0 radical (unpaired) electrons. The van der Waals surface area contributed by atoms with Crippen molar-refractivity contribution in [3.8, 4) is 0 Å². The van der Waals surface area contributed by atoms with Crippen LogP contribution in [0.15, 0.2) is 24.5 Å². The summed E-state index contributed by atoms with van der Waals surface area (Å²) < 4.78 is 5.39. The Labute approximate surface area is 125 Å². The molecule has 0 aromatic carbocycles. The Hall–Kier alpha value is -0.820. The molecule has 3 N–H and O–H groups in total. The summed E-state index contributed by atoms with van der Waals surface area (Å²) in [7, 11) is -0.128. The van der Waals surface area contributed by atoms with Gasteiger partial charge in [-0.1, -0.05) is 0 Å². The molecule has 1 aliphatic heterocycles. The quantitative estimate of drug-likeness (QED) is 0.532. The Morgan fingerprint density at radius 3 is 2.76 bits per heavy atom. The van der Waals surface area contributed by atoms with Gasteiger partial charge in [0.1, 0.15) is 0 Å². The normalized spacial score (nSPS) is 26.0. The third-order valence-electron chi connectivity index (χ3n) is 3.32. The lowest BCUT2D eigenvalue weighted by molar-refractivity contribution is -0.199. The highest BCUT2D eigenvalue weighted by Crippen LogP contribution is 2.30. The largest absolute Gasteiger partial charge is 0.368 e. The maximum Gasteiger partial charge on any atom is 0.165 e. The highest BCUT2D eigenvalue weighted by molar-refractivity contribution is 7.45. The molecule has 2 heterocycles. The van der Waals surface area contributed by atoms with Crippen LogP contribution in [0.5, 0.6) is 0 Å². The Morgan fingerprint density at radius 2 is 2.10 bits per heavy atom. The fraction of sp³-hybridized carbons (Fsp3) is 0.615. The summed E-state index contributed by atoms with van der Waals surface area (Å²) in [6.07, 6.45) is 3.84. The maximum absolute atomic E-state index is 9.75. The molecule has 8 heteroatoms. The van der Waals surface area contributed by atoms with Crippen LogP contribution in [-0.2, 0) is 9.57 Å². The van der Waals surface area contributed by atoms with Crippen LogP contribution < -0.4 is 5.06 Å². The number of aliphatic hydroxyl groups excluding tert-OH is 1. The molecule has 1 aromatic heterocycles. The van der Waals surface area contributed by atoms with E-state index in [1.165, 1.54) is 0 Å². The van der Waals surface area contributed by atoms with Crippen molar-refractivity contribution in [3.63, 3.8) is 0 Å². The predicted molar refractivity (Wildman–Crippen MR) is 78.5 cm³/mol.